The predicted octanol–water partition coefficient (Wildman–Crippen LogP) is 4.63. The van der Waals surface area contributed by atoms with Crippen LogP contribution in [0.15, 0.2) is 71.8 Å². The lowest BCUT2D eigenvalue weighted by Gasteiger charge is -2.11. The zero-order chi connectivity index (χ0) is 26.5. The number of hydrogen-bond acceptors (Lipinski definition) is 8. The van der Waals surface area contributed by atoms with Crippen molar-refractivity contribution >= 4 is 18.1 Å². The molecule has 0 saturated heterocycles. The van der Waals surface area contributed by atoms with Crippen LogP contribution >= 0.6 is 0 Å². The summed E-state index contributed by atoms with van der Waals surface area (Å²) in [6.07, 6.45) is 3.45. The van der Waals surface area contributed by atoms with Gasteiger partial charge in [0, 0.05) is 0 Å². The number of nitrogens with zero attached hydrogens (tertiary/aromatic N) is 1. The van der Waals surface area contributed by atoms with Crippen molar-refractivity contribution < 1.29 is 33.3 Å². The maximum absolute atomic E-state index is 12.6. The Morgan fingerprint density at radius 1 is 0.865 bits per heavy atom. The standard InChI is InChI=1S/C28H30N2O7/c1-4-5-16-35-22-13-11-21(12-14-22)28(32)37-25-15-10-20(17-26(25)34-3)18-29-30-27(31)19-36-24-9-7-6-8-23(24)33-2/h6-15,17-18H,4-5,16,19H2,1-3H3,(H,30,31)/b29-18-. The van der Waals surface area contributed by atoms with E-state index in [4.69, 9.17) is 23.7 Å². The van der Waals surface area contributed by atoms with E-state index in [-0.39, 0.29) is 12.4 Å². The number of unbranched alkanes of at least 4 members (excludes halogenated alkanes) is 1. The van der Waals surface area contributed by atoms with Gasteiger partial charge in [-0.25, -0.2) is 10.2 Å². The van der Waals surface area contributed by atoms with E-state index in [0.29, 0.717) is 40.7 Å². The molecular formula is C28H30N2O7. The summed E-state index contributed by atoms with van der Waals surface area (Å²) in [6.45, 7) is 2.49. The minimum Gasteiger partial charge on any atom is -0.494 e. The molecule has 0 fully saturated rings. The molecule has 0 aliphatic heterocycles. The molecule has 3 rings (SSSR count). The van der Waals surface area contributed by atoms with Crippen LogP contribution in [0.1, 0.15) is 35.7 Å². The van der Waals surface area contributed by atoms with Gasteiger partial charge in [0.25, 0.3) is 5.91 Å². The molecule has 9 nitrogen and oxygen atoms in total. The molecule has 0 bridgehead atoms. The summed E-state index contributed by atoms with van der Waals surface area (Å²) in [5, 5.41) is 3.93. The lowest BCUT2D eigenvalue weighted by atomic mass is 10.2. The lowest BCUT2D eigenvalue weighted by Crippen LogP contribution is -2.24. The van der Waals surface area contributed by atoms with Gasteiger partial charge in [0.1, 0.15) is 5.75 Å². The highest BCUT2D eigenvalue weighted by Crippen LogP contribution is 2.29. The van der Waals surface area contributed by atoms with Crippen molar-refractivity contribution in [3.63, 3.8) is 0 Å². The smallest absolute Gasteiger partial charge is 0.343 e. The maximum atomic E-state index is 12.6. The maximum Gasteiger partial charge on any atom is 0.343 e. The van der Waals surface area contributed by atoms with Crippen LogP contribution in [0, 0.1) is 0 Å². The molecule has 1 N–H and O–H groups in total. The number of carbonyl (C=O) groups is 2. The van der Waals surface area contributed by atoms with Gasteiger partial charge >= 0.3 is 5.97 Å². The normalized spacial score (nSPS) is 10.6. The summed E-state index contributed by atoms with van der Waals surface area (Å²) in [5.74, 6) is 1.30. The second-order valence-corrected chi connectivity index (χ2v) is 7.76. The van der Waals surface area contributed by atoms with Gasteiger partial charge in [0.2, 0.25) is 0 Å². The van der Waals surface area contributed by atoms with Crippen LogP contribution in [-0.4, -0.2) is 45.5 Å². The molecule has 0 saturated carbocycles. The second-order valence-electron chi connectivity index (χ2n) is 7.76. The van der Waals surface area contributed by atoms with Gasteiger partial charge in [0.15, 0.2) is 29.6 Å². The third kappa shape index (κ3) is 8.28. The van der Waals surface area contributed by atoms with Gasteiger partial charge in [-0.2, -0.15) is 5.10 Å². The Morgan fingerprint density at radius 3 is 2.30 bits per heavy atom. The molecule has 3 aromatic carbocycles. The van der Waals surface area contributed by atoms with Crippen molar-refractivity contribution in [3.8, 4) is 28.7 Å². The van der Waals surface area contributed by atoms with Crippen LogP contribution in [0.3, 0.4) is 0 Å². The van der Waals surface area contributed by atoms with Crippen molar-refractivity contribution in [2.45, 2.75) is 19.8 Å². The molecule has 0 radical (unpaired) electrons. The predicted molar refractivity (Wildman–Crippen MR) is 139 cm³/mol. The number of esters is 1. The fourth-order valence-electron chi connectivity index (χ4n) is 3.12. The average molecular weight is 507 g/mol. The van der Waals surface area contributed by atoms with E-state index in [1.165, 1.54) is 20.4 Å². The first kappa shape index (κ1) is 27.1. The summed E-state index contributed by atoms with van der Waals surface area (Å²) in [6, 6.07) is 18.7. The molecule has 1 amide bonds. The number of amides is 1. The van der Waals surface area contributed by atoms with Gasteiger partial charge in [-0.1, -0.05) is 25.5 Å². The minimum absolute atomic E-state index is 0.234. The Balaban J connectivity index is 1.54. The summed E-state index contributed by atoms with van der Waals surface area (Å²) >= 11 is 0. The molecule has 0 heterocycles. The van der Waals surface area contributed by atoms with Crippen LogP contribution in [0.2, 0.25) is 0 Å². The Morgan fingerprint density at radius 2 is 1.59 bits per heavy atom. The van der Waals surface area contributed by atoms with Crippen molar-refractivity contribution in [1.29, 1.82) is 0 Å². The first-order valence-electron chi connectivity index (χ1n) is 11.7. The van der Waals surface area contributed by atoms with Gasteiger partial charge < -0.3 is 23.7 Å². The Kier molecular flexibility index (Phi) is 10.3. The van der Waals surface area contributed by atoms with E-state index in [0.717, 1.165) is 12.8 Å². The summed E-state index contributed by atoms with van der Waals surface area (Å²) in [7, 11) is 2.99. The SMILES string of the molecule is CCCCOc1ccc(C(=O)Oc2ccc(/C=N\NC(=O)COc3ccccc3OC)cc2OC)cc1. The van der Waals surface area contributed by atoms with Crippen LogP contribution in [0.5, 0.6) is 28.7 Å². The number of hydrazone groups is 1. The summed E-state index contributed by atoms with van der Waals surface area (Å²) in [5.41, 5.74) is 3.40. The highest BCUT2D eigenvalue weighted by atomic mass is 16.6. The number of carbonyl (C=O) groups excluding carboxylic acids is 2. The average Bonchev–Trinajstić information content (AvgIpc) is 2.93. The zero-order valence-electron chi connectivity index (χ0n) is 21.1. The summed E-state index contributed by atoms with van der Waals surface area (Å²) in [4.78, 5) is 24.6. The van der Waals surface area contributed by atoms with E-state index >= 15 is 0 Å². The van der Waals surface area contributed by atoms with E-state index in [1.54, 1.807) is 66.7 Å². The van der Waals surface area contributed by atoms with Crippen LogP contribution in [0.4, 0.5) is 0 Å². The minimum atomic E-state index is -0.526. The van der Waals surface area contributed by atoms with E-state index in [1.807, 2.05) is 0 Å². The first-order valence-corrected chi connectivity index (χ1v) is 11.7. The molecule has 0 aliphatic carbocycles. The number of ether oxygens (including phenoxy) is 5. The topological polar surface area (TPSA) is 105 Å². The van der Waals surface area contributed by atoms with Crippen molar-refractivity contribution in [1.82, 2.24) is 5.43 Å². The number of methoxy groups -OCH3 is 2. The number of nitrogens with one attached hydrogen (secondary N) is 1. The Bertz CT molecular complexity index is 1210. The molecule has 0 aromatic heterocycles. The third-order valence-corrected chi connectivity index (χ3v) is 5.08. The molecule has 3 aromatic rings. The van der Waals surface area contributed by atoms with Gasteiger partial charge in [0.05, 0.1) is 32.6 Å². The number of benzene rings is 3. The fraction of sp³-hybridized carbons (Fsp3) is 0.250. The molecule has 9 heteroatoms. The zero-order valence-corrected chi connectivity index (χ0v) is 21.1. The molecule has 37 heavy (non-hydrogen) atoms. The van der Waals surface area contributed by atoms with Crippen LogP contribution < -0.4 is 29.1 Å². The fourth-order valence-corrected chi connectivity index (χ4v) is 3.12. The van der Waals surface area contributed by atoms with E-state index in [2.05, 4.69) is 17.5 Å². The van der Waals surface area contributed by atoms with Crippen LogP contribution in [0.25, 0.3) is 0 Å². The molecule has 0 atom stereocenters. The first-order chi connectivity index (χ1) is 18.0. The molecule has 194 valence electrons. The Labute approximate surface area is 216 Å². The van der Waals surface area contributed by atoms with E-state index < -0.39 is 11.9 Å². The summed E-state index contributed by atoms with van der Waals surface area (Å²) < 4.78 is 27.1. The van der Waals surface area contributed by atoms with Crippen LogP contribution in [-0.2, 0) is 4.79 Å². The quantitative estimate of drug-likeness (QED) is 0.118. The highest BCUT2D eigenvalue weighted by Gasteiger charge is 2.13. The Hall–Kier alpha value is -4.53. The van der Waals surface area contributed by atoms with Gasteiger partial charge in [-0.3, -0.25) is 4.79 Å². The highest BCUT2D eigenvalue weighted by molar-refractivity contribution is 5.92. The van der Waals surface area contributed by atoms with E-state index in [9.17, 15) is 9.59 Å². The monoisotopic (exact) mass is 506 g/mol. The lowest BCUT2D eigenvalue weighted by molar-refractivity contribution is -0.123. The molecular weight excluding hydrogens is 476 g/mol. The molecule has 0 unspecified atom stereocenters. The second kappa shape index (κ2) is 14.1. The van der Waals surface area contributed by atoms with Crippen molar-refractivity contribution in [2.24, 2.45) is 5.10 Å². The van der Waals surface area contributed by atoms with Gasteiger partial charge in [-0.05, 0) is 66.6 Å². The largest absolute Gasteiger partial charge is 0.494 e. The third-order valence-electron chi connectivity index (χ3n) is 5.08. The van der Waals surface area contributed by atoms with Gasteiger partial charge in [-0.15, -0.1) is 0 Å². The molecule has 0 aliphatic rings. The molecule has 0 spiro atoms. The van der Waals surface area contributed by atoms with Crippen molar-refractivity contribution in [3.05, 3.63) is 77.9 Å². The number of rotatable bonds is 13. The number of para-hydroxylation sites is 2. The van der Waals surface area contributed by atoms with Crippen molar-refractivity contribution in [2.75, 3.05) is 27.4 Å². The number of hydrogen-bond donors (Lipinski definition) is 1.